The molecule has 112 valence electrons. The molecule has 2 aliphatic rings. The van der Waals surface area contributed by atoms with Gasteiger partial charge in [0.2, 0.25) is 0 Å². The zero-order valence-electron chi connectivity index (χ0n) is 13.1. The molecule has 0 amide bonds. The second-order valence-electron chi connectivity index (χ2n) is 6.92. The van der Waals surface area contributed by atoms with E-state index in [9.17, 15) is 0 Å². The molecule has 0 aromatic heterocycles. The third-order valence-electron chi connectivity index (χ3n) is 5.35. The summed E-state index contributed by atoms with van der Waals surface area (Å²) < 4.78 is 11.9. The zero-order valence-corrected chi connectivity index (χ0v) is 13.1. The number of nitrogens with one attached hydrogen (secondary N) is 1. The van der Waals surface area contributed by atoms with Gasteiger partial charge in [0, 0.05) is 19.8 Å². The van der Waals surface area contributed by atoms with E-state index in [0.29, 0.717) is 12.0 Å². The molecule has 1 aliphatic heterocycles. The lowest BCUT2D eigenvalue weighted by atomic mass is 9.71. The van der Waals surface area contributed by atoms with E-state index < -0.39 is 0 Å². The second kappa shape index (κ2) is 6.11. The van der Waals surface area contributed by atoms with Crippen molar-refractivity contribution in [2.24, 2.45) is 5.92 Å². The van der Waals surface area contributed by atoms with Crippen molar-refractivity contribution in [3.05, 3.63) is 0 Å². The monoisotopic (exact) mass is 269 g/mol. The van der Waals surface area contributed by atoms with Gasteiger partial charge in [0.1, 0.15) is 0 Å². The van der Waals surface area contributed by atoms with Crippen molar-refractivity contribution in [2.75, 3.05) is 20.8 Å². The first-order chi connectivity index (χ1) is 9.03. The lowest BCUT2D eigenvalue weighted by molar-refractivity contribution is -0.135. The summed E-state index contributed by atoms with van der Waals surface area (Å²) in [6.07, 6.45) is 8.93. The predicted octanol–water partition coefficient (Wildman–Crippen LogP) is 3.13. The standard InChI is InChI=1S/C16H31NO2/c1-15(2,18-4)14(17-3)13-8-11-19-16(12-13)9-6-5-7-10-16/h13-14,17H,5-12H2,1-4H3. The highest BCUT2D eigenvalue weighted by Crippen LogP contribution is 2.43. The number of likely N-dealkylation sites (N-methyl/N-ethyl adjacent to an activating group) is 1. The van der Waals surface area contributed by atoms with Crippen LogP contribution in [-0.2, 0) is 9.47 Å². The highest BCUT2D eigenvalue weighted by molar-refractivity contribution is 4.97. The zero-order chi connectivity index (χ0) is 13.9. The normalized spacial score (nSPS) is 29.4. The minimum absolute atomic E-state index is 0.118. The molecular weight excluding hydrogens is 238 g/mol. The minimum atomic E-state index is -0.118. The predicted molar refractivity (Wildman–Crippen MR) is 78.4 cm³/mol. The third kappa shape index (κ3) is 3.32. The largest absolute Gasteiger partial charge is 0.377 e. The fraction of sp³-hybridized carbons (Fsp3) is 1.00. The molecule has 1 aliphatic carbocycles. The van der Waals surface area contributed by atoms with E-state index in [0.717, 1.165) is 13.0 Å². The van der Waals surface area contributed by atoms with Crippen molar-refractivity contribution in [1.82, 2.24) is 5.32 Å². The number of hydrogen-bond donors (Lipinski definition) is 1. The van der Waals surface area contributed by atoms with E-state index in [2.05, 4.69) is 26.2 Å². The van der Waals surface area contributed by atoms with Crippen LogP contribution >= 0.6 is 0 Å². The van der Waals surface area contributed by atoms with Gasteiger partial charge in [-0.2, -0.15) is 0 Å². The summed E-state index contributed by atoms with van der Waals surface area (Å²) in [6.45, 7) is 5.30. The Kier molecular flexibility index (Phi) is 4.91. The van der Waals surface area contributed by atoms with E-state index >= 15 is 0 Å². The van der Waals surface area contributed by atoms with Gasteiger partial charge in [0.25, 0.3) is 0 Å². The van der Waals surface area contributed by atoms with Crippen LogP contribution in [0.3, 0.4) is 0 Å². The lowest BCUT2D eigenvalue weighted by Gasteiger charge is -2.48. The molecule has 2 rings (SSSR count). The van der Waals surface area contributed by atoms with Crippen molar-refractivity contribution in [1.29, 1.82) is 0 Å². The number of rotatable bonds is 4. The smallest absolute Gasteiger partial charge is 0.0777 e. The van der Waals surface area contributed by atoms with Gasteiger partial charge in [0.15, 0.2) is 0 Å². The fourth-order valence-electron chi connectivity index (χ4n) is 4.17. The summed E-state index contributed by atoms with van der Waals surface area (Å²) in [7, 11) is 3.88. The molecule has 0 bridgehead atoms. The first-order valence-corrected chi connectivity index (χ1v) is 7.89. The summed E-state index contributed by atoms with van der Waals surface area (Å²) in [5, 5.41) is 3.50. The Bertz CT molecular complexity index is 279. The van der Waals surface area contributed by atoms with Crippen LogP contribution in [0.2, 0.25) is 0 Å². The molecule has 3 heteroatoms. The molecule has 2 unspecified atom stereocenters. The van der Waals surface area contributed by atoms with Crippen LogP contribution in [0.15, 0.2) is 0 Å². The minimum Gasteiger partial charge on any atom is -0.377 e. The van der Waals surface area contributed by atoms with Crippen molar-refractivity contribution in [2.45, 2.75) is 76.0 Å². The molecule has 2 atom stereocenters. The van der Waals surface area contributed by atoms with Crippen LogP contribution in [0.1, 0.15) is 58.8 Å². The van der Waals surface area contributed by atoms with Crippen molar-refractivity contribution < 1.29 is 9.47 Å². The van der Waals surface area contributed by atoms with Gasteiger partial charge in [-0.05, 0) is 52.5 Å². The van der Waals surface area contributed by atoms with E-state index in [1.165, 1.54) is 38.5 Å². The van der Waals surface area contributed by atoms with Crippen LogP contribution in [0.25, 0.3) is 0 Å². The molecule has 1 N–H and O–H groups in total. The highest BCUT2D eigenvalue weighted by Gasteiger charge is 2.44. The third-order valence-corrected chi connectivity index (χ3v) is 5.35. The number of ether oxygens (including phenoxy) is 2. The summed E-state index contributed by atoms with van der Waals surface area (Å²) in [4.78, 5) is 0. The topological polar surface area (TPSA) is 30.5 Å². The summed E-state index contributed by atoms with van der Waals surface area (Å²) in [5.41, 5.74) is 0.0622. The van der Waals surface area contributed by atoms with Crippen LogP contribution < -0.4 is 5.32 Å². The van der Waals surface area contributed by atoms with E-state index in [4.69, 9.17) is 9.47 Å². The molecule has 1 heterocycles. The Labute approximate surface area is 118 Å². The van der Waals surface area contributed by atoms with E-state index in [1.807, 2.05) is 7.11 Å². The van der Waals surface area contributed by atoms with Crippen molar-refractivity contribution >= 4 is 0 Å². The molecule has 0 aromatic rings. The molecule has 1 saturated carbocycles. The SMILES string of the molecule is CNC(C1CCOC2(CCCCC2)C1)C(C)(C)OC. The molecule has 1 saturated heterocycles. The first kappa shape index (κ1) is 15.3. The van der Waals surface area contributed by atoms with Gasteiger partial charge in [-0.15, -0.1) is 0 Å². The molecule has 1 spiro atoms. The van der Waals surface area contributed by atoms with Gasteiger partial charge in [-0.3, -0.25) is 0 Å². The Hall–Kier alpha value is -0.120. The average Bonchev–Trinajstić information content (AvgIpc) is 2.40. The van der Waals surface area contributed by atoms with Gasteiger partial charge in [-0.25, -0.2) is 0 Å². The summed E-state index contributed by atoms with van der Waals surface area (Å²) in [5.74, 6) is 0.659. The van der Waals surface area contributed by atoms with Crippen molar-refractivity contribution in [3.8, 4) is 0 Å². The number of hydrogen-bond acceptors (Lipinski definition) is 3. The maximum Gasteiger partial charge on any atom is 0.0777 e. The molecule has 3 nitrogen and oxygen atoms in total. The quantitative estimate of drug-likeness (QED) is 0.850. The number of methoxy groups -OCH3 is 1. The van der Waals surface area contributed by atoms with Gasteiger partial charge >= 0.3 is 0 Å². The molecule has 0 aromatic carbocycles. The van der Waals surface area contributed by atoms with Gasteiger partial charge in [-0.1, -0.05) is 19.3 Å². The highest BCUT2D eigenvalue weighted by atomic mass is 16.5. The summed E-state index contributed by atoms with van der Waals surface area (Å²) in [6, 6.07) is 0.403. The Morgan fingerprint density at radius 2 is 1.95 bits per heavy atom. The maximum absolute atomic E-state index is 6.21. The second-order valence-corrected chi connectivity index (χ2v) is 6.92. The lowest BCUT2D eigenvalue weighted by Crippen LogP contribution is -2.55. The molecular formula is C16H31NO2. The van der Waals surface area contributed by atoms with Gasteiger partial charge in [0.05, 0.1) is 11.2 Å². The fourth-order valence-corrected chi connectivity index (χ4v) is 4.17. The van der Waals surface area contributed by atoms with Gasteiger partial charge < -0.3 is 14.8 Å². The maximum atomic E-state index is 6.21. The Morgan fingerprint density at radius 3 is 2.53 bits per heavy atom. The molecule has 0 radical (unpaired) electrons. The van der Waals surface area contributed by atoms with E-state index in [-0.39, 0.29) is 11.2 Å². The Balaban J connectivity index is 2.07. The average molecular weight is 269 g/mol. The van der Waals surface area contributed by atoms with Crippen LogP contribution in [0.5, 0.6) is 0 Å². The molecule has 19 heavy (non-hydrogen) atoms. The van der Waals surface area contributed by atoms with Crippen molar-refractivity contribution in [3.63, 3.8) is 0 Å². The molecule has 2 fully saturated rings. The van der Waals surface area contributed by atoms with Crippen LogP contribution in [0, 0.1) is 5.92 Å². The first-order valence-electron chi connectivity index (χ1n) is 7.89. The van der Waals surface area contributed by atoms with E-state index in [1.54, 1.807) is 0 Å². The van der Waals surface area contributed by atoms with Crippen LogP contribution in [-0.4, -0.2) is 38.0 Å². The van der Waals surface area contributed by atoms with Crippen LogP contribution in [0.4, 0.5) is 0 Å². The Morgan fingerprint density at radius 1 is 1.26 bits per heavy atom. The summed E-state index contributed by atoms with van der Waals surface area (Å²) >= 11 is 0.